The fraction of sp³-hybridized carbons (Fsp3) is 0.923. The van der Waals surface area contributed by atoms with Crippen LogP contribution < -0.4 is 11.1 Å². The zero-order valence-electron chi connectivity index (χ0n) is 11.2. The monoisotopic (exact) mass is 241 g/mol. The normalized spacial score (nSPS) is 20.2. The minimum Gasteiger partial charge on any atom is -0.355 e. The number of nitrogens with one attached hydrogen (secondary N) is 1. The first-order valence-electron chi connectivity index (χ1n) is 6.85. The summed E-state index contributed by atoms with van der Waals surface area (Å²) in [6.45, 7) is 5.21. The van der Waals surface area contributed by atoms with Crippen molar-refractivity contribution < 1.29 is 4.79 Å². The summed E-state index contributed by atoms with van der Waals surface area (Å²) in [6, 6.07) is -0.322. The van der Waals surface area contributed by atoms with E-state index in [1.807, 2.05) is 6.92 Å². The molecule has 0 saturated carbocycles. The number of hydrogen-bond acceptors (Lipinski definition) is 3. The van der Waals surface area contributed by atoms with Crippen molar-refractivity contribution in [2.45, 2.75) is 45.1 Å². The Bertz CT molecular complexity index is 225. The van der Waals surface area contributed by atoms with Gasteiger partial charge >= 0.3 is 0 Å². The number of carbonyl (C=O) groups is 1. The highest BCUT2D eigenvalue weighted by atomic mass is 16.2. The number of piperidine rings is 1. The van der Waals surface area contributed by atoms with E-state index in [1.165, 1.54) is 25.9 Å². The van der Waals surface area contributed by atoms with Crippen molar-refractivity contribution in [2.75, 3.05) is 26.7 Å². The smallest absolute Gasteiger partial charge is 0.236 e. The Kier molecular flexibility index (Phi) is 6.52. The summed E-state index contributed by atoms with van der Waals surface area (Å²) >= 11 is 0. The molecule has 1 saturated heterocycles. The van der Waals surface area contributed by atoms with Crippen LogP contribution in [0, 0.1) is 5.92 Å². The Hall–Kier alpha value is -0.610. The number of likely N-dealkylation sites (tertiary alicyclic amines) is 1. The molecule has 17 heavy (non-hydrogen) atoms. The van der Waals surface area contributed by atoms with Gasteiger partial charge in [-0.2, -0.15) is 0 Å². The van der Waals surface area contributed by atoms with Crippen molar-refractivity contribution in [1.29, 1.82) is 0 Å². The summed E-state index contributed by atoms with van der Waals surface area (Å²) in [6.07, 6.45) is 5.35. The largest absolute Gasteiger partial charge is 0.355 e. The van der Waals surface area contributed by atoms with Crippen LogP contribution in [0.1, 0.15) is 39.0 Å². The molecule has 0 unspecified atom stereocenters. The molecule has 0 aromatic rings. The van der Waals surface area contributed by atoms with Gasteiger partial charge in [0, 0.05) is 6.54 Å². The molecule has 1 rings (SSSR count). The maximum absolute atomic E-state index is 11.6. The Morgan fingerprint density at radius 2 is 2.12 bits per heavy atom. The SMILES string of the molecule is CCC[C@@H](N)C(=O)NCCC1CCN(C)CC1. The lowest BCUT2D eigenvalue weighted by atomic mass is 9.94. The highest BCUT2D eigenvalue weighted by Crippen LogP contribution is 2.18. The maximum Gasteiger partial charge on any atom is 0.236 e. The summed E-state index contributed by atoms with van der Waals surface area (Å²) in [5.74, 6) is 0.786. The molecule has 0 aliphatic carbocycles. The quantitative estimate of drug-likeness (QED) is 0.728. The molecule has 0 spiro atoms. The summed E-state index contributed by atoms with van der Waals surface area (Å²) in [5.41, 5.74) is 5.75. The lowest BCUT2D eigenvalue weighted by Gasteiger charge is -2.29. The average molecular weight is 241 g/mol. The zero-order chi connectivity index (χ0) is 12.7. The number of nitrogens with two attached hydrogens (primary N) is 1. The summed E-state index contributed by atoms with van der Waals surface area (Å²) < 4.78 is 0. The highest BCUT2D eigenvalue weighted by molar-refractivity contribution is 5.81. The van der Waals surface area contributed by atoms with E-state index in [9.17, 15) is 4.79 Å². The standard InChI is InChI=1S/C13H27N3O/c1-3-4-12(14)13(17)15-8-5-11-6-9-16(2)10-7-11/h11-12H,3-10,14H2,1-2H3,(H,15,17)/t12-/m1/s1. The van der Waals surface area contributed by atoms with Crippen LogP contribution in [0.25, 0.3) is 0 Å². The lowest BCUT2D eigenvalue weighted by molar-refractivity contribution is -0.122. The Balaban J connectivity index is 2.09. The lowest BCUT2D eigenvalue weighted by Crippen LogP contribution is -2.41. The Labute approximate surface area is 105 Å². The zero-order valence-corrected chi connectivity index (χ0v) is 11.2. The van der Waals surface area contributed by atoms with E-state index in [2.05, 4.69) is 17.3 Å². The molecule has 100 valence electrons. The predicted molar refractivity (Wildman–Crippen MR) is 70.7 cm³/mol. The molecule has 1 aliphatic heterocycles. The van der Waals surface area contributed by atoms with E-state index < -0.39 is 0 Å². The minimum atomic E-state index is -0.322. The van der Waals surface area contributed by atoms with Gasteiger partial charge in [-0.15, -0.1) is 0 Å². The minimum absolute atomic E-state index is 0.0137. The topological polar surface area (TPSA) is 58.4 Å². The van der Waals surface area contributed by atoms with Crippen LogP contribution in [0.4, 0.5) is 0 Å². The van der Waals surface area contributed by atoms with E-state index in [-0.39, 0.29) is 11.9 Å². The van der Waals surface area contributed by atoms with E-state index in [1.54, 1.807) is 0 Å². The van der Waals surface area contributed by atoms with Gasteiger partial charge in [0.15, 0.2) is 0 Å². The molecule has 0 bridgehead atoms. The average Bonchev–Trinajstić information content (AvgIpc) is 2.32. The van der Waals surface area contributed by atoms with Gasteiger partial charge in [-0.3, -0.25) is 4.79 Å². The van der Waals surface area contributed by atoms with Crippen LogP contribution in [-0.2, 0) is 4.79 Å². The first-order chi connectivity index (χ1) is 8.13. The fourth-order valence-corrected chi connectivity index (χ4v) is 2.32. The number of carbonyl (C=O) groups excluding carboxylic acids is 1. The van der Waals surface area contributed by atoms with E-state index in [0.717, 1.165) is 31.7 Å². The van der Waals surface area contributed by atoms with Crippen LogP contribution >= 0.6 is 0 Å². The molecule has 1 aliphatic rings. The maximum atomic E-state index is 11.6. The molecule has 1 heterocycles. The number of hydrogen-bond donors (Lipinski definition) is 2. The second-order valence-electron chi connectivity index (χ2n) is 5.22. The Morgan fingerprint density at radius 1 is 1.47 bits per heavy atom. The third kappa shape index (κ3) is 5.50. The summed E-state index contributed by atoms with van der Waals surface area (Å²) in [5, 5.41) is 2.95. The third-order valence-corrected chi connectivity index (χ3v) is 3.63. The number of rotatable bonds is 6. The van der Waals surface area contributed by atoms with Crippen LogP contribution in [0.3, 0.4) is 0 Å². The van der Waals surface area contributed by atoms with Gasteiger partial charge in [0.05, 0.1) is 6.04 Å². The Morgan fingerprint density at radius 3 is 2.71 bits per heavy atom. The molecule has 1 atom stereocenters. The summed E-state index contributed by atoms with van der Waals surface area (Å²) in [4.78, 5) is 13.9. The molecule has 4 nitrogen and oxygen atoms in total. The second kappa shape index (κ2) is 7.67. The predicted octanol–water partition coefficient (Wildman–Crippen LogP) is 0.962. The molecule has 1 fully saturated rings. The second-order valence-corrected chi connectivity index (χ2v) is 5.22. The van der Waals surface area contributed by atoms with Crippen molar-refractivity contribution in [3.63, 3.8) is 0 Å². The molecule has 0 aromatic heterocycles. The van der Waals surface area contributed by atoms with Gasteiger partial charge in [0.2, 0.25) is 5.91 Å². The van der Waals surface area contributed by atoms with Crippen LogP contribution in [-0.4, -0.2) is 43.5 Å². The van der Waals surface area contributed by atoms with Crippen LogP contribution in [0.2, 0.25) is 0 Å². The van der Waals surface area contributed by atoms with Gasteiger partial charge in [0.1, 0.15) is 0 Å². The summed E-state index contributed by atoms with van der Waals surface area (Å²) in [7, 11) is 2.17. The molecule has 0 aromatic carbocycles. The van der Waals surface area contributed by atoms with E-state index in [4.69, 9.17) is 5.73 Å². The van der Waals surface area contributed by atoms with Crippen LogP contribution in [0.5, 0.6) is 0 Å². The number of amides is 1. The molecular formula is C13H27N3O. The van der Waals surface area contributed by atoms with Crippen molar-refractivity contribution >= 4 is 5.91 Å². The first-order valence-corrected chi connectivity index (χ1v) is 6.85. The molecule has 0 radical (unpaired) electrons. The van der Waals surface area contributed by atoms with Crippen LogP contribution in [0.15, 0.2) is 0 Å². The van der Waals surface area contributed by atoms with Gasteiger partial charge < -0.3 is 16.0 Å². The highest BCUT2D eigenvalue weighted by Gasteiger charge is 2.17. The number of nitrogens with zero attached hydrogens (tertiary/aromatic N) is 1. The first kappa shape index (κ1) is 14.5. The van der Waals surface area contributed by atoms with E-state index >= 15 is 0 Å². The molecule has 1 amide bonds. The molecule has 4 heteroatoms. The molecule has 3 N–H and O–H groups in total. The van der Waals surface area contributed by atoms with Gasteiger partial charge in [0.25, 0.3) is 0 Å². The fourth-order valence-electron chi connectivity index (χ4n) is 2.32. The van der Waals surface area contributed by atoms with Crippen molar-refractivity contribution in [1.82, 2.24) is 10.2 Å². The van der Waals surface area contributed by atoms with E-state index in [0.29, 0.717) is 0 Å². The van der Waals surface area contributed by atoms with Crippen molar-refractivity contribution in [3.8, 4) is 0 Å². The van der Waals surface area contributed by atoms with Crippen molar-refractivity contribution in [3.05, 3.63) is 0 Å². The van der Waals surface area contributed by atoms with Gasteiger partial charge in [-0.05, 0) is 51.7 Å². The van der Waals surface area contributed by atoms with Gasteiger partial charge in [-0.25, -0.2) is 0 Å². The van der Waals surface area contributed by atoms with Crippen molar-refractivity contribution in [2.24, 2.45) is 11.7 Å². The molecular weight excluding hydrogens is 214 g/mol. The third-order valence-electron chi connectivity index (χ3n) is 3.63. The van der Waals surface area contributed by atoms with Gasteiger partial charge in [-0.1, -0.05) is 13.3 Å².